The van der Waals surface area contributed by atoms with Crippen LogP contribution >= 0.6 is 11.8 Å². The minimum atomic E-state index is 0.264. The number of hydrogen-bond donors (Lipinski definition) is 2. The molecule has 3 nitrogen and oxygen atoms in total. The number of nitrogens with zero attached hydrogens (tertiary/aromatic N) is 1. The van der Waals surface area contributed by atoms with Crippen LogP contribution in [0.5, 0.6) is 0 Å². The Morgan fingerprint density at radius 1 is 1.86 bits per heavy atom. The summed E-state index contributed by atoms with van der Waals surface area (Å²) >= 11 is 1.36. The van der Waals surface area contributed by atoms with Gasteiger partial charge in [0.2, 0.25) is 0 Å². The fraction of sp³-hybridized carbons (Fsp3) is 0.667. The van der Waals surface area contributed by atoms with E-state index >= 15 is 0 Å². The van der Waals surface area contributed by atoms with E-state index in [9.17, 15) is 0 Å². The molecule has 1 rings (SSSR count). The first-order chi connectivity index (χ1) is 3.30. The first-order valence-electron chi connectivity index (χ1n) is 1.98. The van der Waals surface area contributed by atoms with Crippen molar-refractivity contribution in [1.29, 1.82) is 5.41 Å². The zero-order valence-electron chi connectivity index (χ0n) is 3.72. The van der Waals surface area contributed by atoms with Crippen LogP contribution in [0.2, 0.25) is 0 Å². The standard InChI is InChI=1S/C3H6N2OS/c4-3-5(6)1-2-7-3/h4,6H,1-2H2. The van der Waals surface area contributed by atoms with Crippen molar-refractivity contribution in [3.63, 3.8) is 0 Å². The van der Waals surface area contributed by atoms with E-state index < -0.39 is 0 Å². The molecular formula is C3H6N2OS. The highest BCUT2D eigenvalue weighted by Gasteiger charge is 2.13. The maximum Gasteiger partial charge on any atom is 0.180 e. The Hall–Kier alpha value is -0.220. The van der Waals surface area contributed by atoms with Crippen LogP contribution in [0.3, 0.4) is 0 Å². The number of amidine groups is 1. The average Bonchev–Trinajstić information content (AvgIpc) is 1.91. The molecule has 0 unspecified atom stereocenters. The number of hydrogen-bond acceptors (Lipinski definition) is 3. The molecule has 1 fully saturated rings. The minimum absolute atomic E-state index is 0.264. The van der Waals surface area contributed by atoms with E-state index in [1.807, 2.05) is 0 Å². The van der Waals surface area contributed by atoms with Crippen molar-refractivity contribution in [2.75, 3.05) is 12.3 Å². The lowest BCUT2D eigenvalue weighted by Gasteiger charge is -2.02. The maximum absolute atomic E-state index is 8.59. The van der Waals surface area contributed by atoms with Gasteiger partial charge in [-0.05, 0) is 0 Å². The van der Waals surface area contributed by atoms with E-state index in [4.69, 9.17) is 10.6 Å². The van der Waals surface area contributed by atoms with Gasteiger partial charge in [0.25, 0.3) is 0 Å². The molecule has 0 aliphatic carbocycles. The molecular weight excluding hydrogens is 112 g/mol. The predicted molar refractivity (Wildman–Crippen MR) is 28.7 cm³/mol. The molecule has 1 aliphatic heterocycles. The third-order valence-corrected chi connectivity index (χ3v) is 1.65. The van der Waals surface area contributed by atoms with Crippen molar-refractivity contribution in [3.8, 4) is 0 Å². The molecule has 0 atom stereocenters. The molecule has 7 heavy (non-hydrogen) atoms. The van der Waals surface area contributed by atoms with Crippen molar-refractivity contribution in [3.05, 3.63) is 0 Å². The molecule has 4 heteroatoms. The zero-order valence-corrected chi connectivity index (χ0v) is 4.53. The minimum Gasteiger partial charge on any atom is -0.287 e. The molecule has 0 spiro atoms. The van der Waals surface area contributed by atoms with Crippen LogP contribution in [0.1, 0.15) is 0 Å². The monoisotopic (exact) mass is 118 g/mol. The summed E-state index contributed by atoms with van der Waals surface area (Å²) in [5.74, 6) is 0.843. The summed E-state index contributed by atoms with van der Waals surface area (Å²) in [7, 11) is 0. The lowest BCUT2D eigenvalue weighted by molar-refractivity contribution is -0.00152. The normalized spacial score (nSPS) is 21.3. The van der Waals surface area contributed by atoms with Crippen LogP contribution in [-0.2, 0) is 0 Å². The Bertz CT molecular complexity index is 94.9. The largest absolute Gasteiger partial charge is 0.287 e. The Labute approximate surface area is 45.8 Å². The van der Waals surface area contributed by atoms with Crippen LogP contribution in [-0.4, -0.2) is 27.7 Å². The highest BCUT2D eigenvalue weighted by molar-refractivity contribution is 8.14. The van der Waals surface area contributed by atoms with Crippen LogP contribution < -0.4 is 0 Å². The molecule has 0 aromatic heterocycles. The highest BCUT2D eigenvalue weighted by atomic mass is 32.2. The lowest BCUT2D eigenvalue weighted by Crippen LogP contribution is -2.17. The van der Waals surface area contributed by atoms with Gasteiger partial charge < -0.3 is 0 Å². The lowest BCUT2D eigenvalue weighted by atomic mass is 10.7. The quantitative estimate of drug-likeness (QED) is 0.482. The van der Waals surface area contributed by atoms with Gasteiger partial charge >= 0.3 is 0 Å². The second kappa shape index (κ2) is 1.71. The number of hydroxylamine groups is 2. The van der Waals surface area contributed by atoms with Crippen molar-refractivity contribution < 1.29 is 5.21 Å². The molecule has 1 saturated heterocycles. The van der Waals surface area contributed by atoms with Crippen molar-refractivity contribution in [2.24, 2.45) is 0 Å². The number of rotatable bonds is 0. The van der Waals surface area contributed by atoms with E-state index in [2.05, 4.69) is 0 Å². The molecule has 0 saturated carbocycles. The van der Waals surface area contributed by atoms with Gasteiger partial charge in [-0.15, -0.1) is 0 Å². The summed E-state index contributed by atoms with van der Waals surface area (Å²) in [5, 5.41) is 16.7. The van der Waals surface area contributed by atoms with E-state index in [1.54, 1.807) is 0 Å². The topological polar surface area (TPSA) is 47.3 Å². The van der Waals surface area contributed by atoms with Gasteiger partial charge in [-0.2, -0.15) is 0 Å². The van der Waals surface area contributed by atoms with Crippen molar-refractivity contribution >= 4 is 16.9 Å². The molecule has 1 heterocycles. The summed E-state index contributed by atoms with van der Waals surface area (Å²) in [6.07, 6.45) is 0. The van der Waals surface area contributed by atoms with Crippen LogP contribution in [0.15, 0.2) is 0 Å². The third-order valence-electron chi connectivity index (χ3n) is 0.776. The van der Waals surface area contributed by atoms with E-state index in [1.165, 1.54) is 11.8 Å². The Kier molecular flexibility index (Phi) is 1.21. The van der Waals surface area contributed by atoms with Crippen LogP contribution in [0.25, 0.3) is 0 Å². The molecule has 2 N–H and O–H groups in total. The van der Waals surface area contributed by atoms with Gasteiger partial charge in [0.15, 0.2) is 5.17 Å². The molecule has 40 valence electrons. The SMILES string of the molecule is N=C1SCCN1O. The Balaban J connectivity index is 2.48. The van der Waals surface area contributed by atoms with Gasteiger partial charge in [0.05, 0.1) is 6.54 Å². The summed E-state index contributed by atoms with van der Waals surface area (Å²) in [4.78, 5) is 0. The molecule has 0 bridgehead atoms. The zero-order chi connectivity index (χ0) is 5.28. The highest BCUT2D eigenvalue weighted by Crippen LogP contribution is 2.12. The van der Waals surface area contributed by atoms with Gasteiger partial charge in [0.1, 0.15) is 0 Å². The third kappa shape index (κ3) is 0.863. The maximum atomic E-state index is 8.59. The second-order valence-electron chi connectivity index (χ2n) is 1.28. The molecule has 0 aromatic rings. The van der Waals surface area contributed by atoms with Crippen molar-refractivity contribution in [1.82, 2.24) is 5.06 Å². The van der Waals surface area contributed by atoms with Gasteiger partial charge in [-0.1, -0.05) is 11.8 Å². The van der Waals surface area contributed by atoms with Gasteiger partial charge in [-0.25, -0.2) is 5.06 Å². The first kappa shape index (κ1) is 4.93. The first-order valence-corrected chi connectivity index (χ1v) is 2.97. The predicted octanol–water partition coefficient (Wildman–Crippen LogP) is 0.359. The number of thioether (sulfide) groups is 1. The average molecular weight is 118 g/mol. The van der Waals surface area contributed by atoms with Crippen LogP contribution in [0, 0.1) is 5.41 Å². The van der Waals surface area contributed by atoms with Crippen molar-refractivity contribution in [2.45, 2.75) is 0 Å². The summed E-state index contributed by atoms with van der Waals surface area (Å²) in [6, 6.07) is 0. The second-order valence-corrected chi connectivity index (χ2v) is 2.36. The molecule has 0 radical (unpaired) electrons. The smallest absolute Gasteiger partial charge is 0.180 e. The fourth-order valence-corrected chi connectivity index (χ4v) is 1.10. The number of nitrogens with one attached hydrogen (secondary N) is 1. The fourth-order valence-electron chi connectivity index (χ4n) is 0.405. The molecule has 1 aliphatic rings. The Morgan fingerprint density at radius 3 is 2.71 bits per heavy atom. The van der Waals surface area contributed by atoms with E-state index in [0.29, 0.717) is 6.54 Å². The van der Waals surface area contributed by atoms with Gasteiger partial charge in [0, 0.05) is 5.75 Å². The summed E-state index contributed by atoms with van der Waals surface area (Å²) < 4.78 is 0. The van der Waals surface area contributed by atoms with E-state index in [0.717, 1.165) is 10.8 Å². The van der Waals surface area contributed by atoms with Gasteiger partial charge in [-0.3, -0.25) is 10.6 Å². The van der Waals surface area contributed by atoms with E-state index in [-0.39, 0.29) is 5.17 Å². The molecule has 0 aromatic carbocycles. The summed E-state index contributed by atoms with van der Waals surface area (Å²) in [6.45, 7) is 0.601. The Morgan fingerprint density at radius 2 is 2.57 bits per heavy atom. The summed E-state index contributed by atoms with van der Waals surface area (Å²) in [5.41, 5.74) is 0. The van der Waals surface area contributed by atoms with Crippen LogP contribution in [0.4, 0.5) is 0 Å². The molecule has 0 amide bonds.